The molecule has 2 aromatic heterocycles. The zero-order chi connectivity index (χ0) is 18.4. The first-order chi connectivity index (χ1) is 11.7. The van der Waals surface area contributed by atoms with E-state index in [9.17, 15) is 22.8 Å². The van der Waals surface area contributed by atoms with Crippen molar-refractivity contribution >= 4 is 11.9 Å². The van der Waals surface area contributed by atoms with Gasteiger partial charge in [-0.05, 0) is 19.1 Å². The average Bonchev–Trinajstić information content (AvgIpc) is 3.24. The molecule has 0 aliphatic carbocycles. The first-order valence-corrected chi connectivity index (χ1v) is 7.38. The van der Waals surface area contributed by atoms with Gasteiger partial charge in [-0.3, -0.25) is 14.7 Å². The van der Waals surface area contributed by atoms with E-state index in [0.29, 0.717) is 17.2 Å². The van der Waals surface area contributed by atoms with Crippen molar-refractivity contribution in [1.29, 1.82) is 0 Å². The van der Waals surface area contributed by atoms with Crippen molar-refractivity contribution in [3.05, 3.63) is 29.7 Å². The number of carbonyl (C=O) groups excluding carboxylic acids is 1. The van der Waals surface area contributed by atoms with Gasteiger partial charge in [-0.1, -0.05) is 0 Å². The minimum Gasteiger partial charge on any atom is -0.481 e. The number of carbonyl (C=O) groups is 2. The summed E-state index contributed by atoms with van der Waals surface area (Å²) >= 11 is 0. The molecule has 0 aromatic carbocycles. The molecule has 7 nitrogen and oxygen atoms in total. The number of likely N-dealkylation sites (tertiary alicyclic amines) is 1. The second kappa shape index (κ2) is 5.94. The number of H-pyrrole nitrogens is 1. The lowest BCUT2D eigenvalue weighted by atomic mass is 9.96. The van der Waals surface area contributed by atoms with Crippen LogP contribution >= 0.6 is 0 Å². The van der Waals surface area contributed by atoms with E-state index in [1.807, 2.05) is 0 Å². The van der Waals surface area contributed by atoms with Crippen LogP contribution in [0.3, 0.4) is 0 Å². The SMILES string of the molecule is Cc1ccc(-c2cc(C(=O)N3C[C@@H](C(F)(F)F)[C@H](C(=O)O)C3)n[nH]2)o1. The molecular weight excluding hydrogens is 343 g/mol. The lowest BCUT2D eigenvalue weighted by Gasteiger charge is -2.17. The zero-order valence-electron chi connectivity index (χ0n) is 13.0. The number of aryl methyl sites for hydroxylation is 1. The Morgan fingerprint density at radius 2 is 2.08 bits per heavy atom. The molecule has 0 spiro atoms. The standard InChI is InChI=1S/C15H14F3N3O4/c1-7-2-3-12(25-7)10-4-11(20-19-10)13(22)21-5-8(14(23)24)9(6-21)15(16,17)18/h2-4,8-9H,5-6H2,1H3,(H,19,20)(H,23,24)/t8-,9-/m1/s1. The number of furan rings is 1. The second-order valence-corrected chi connectivity index (χ2v) is 5.88. The monoisotopic (exact) mass is 357 g/mol. The fourth-order valence-electron chi connectivity index (χ4n) is 2.85. The number of carboxylic acids is 1. The maximum Gasteiger partial charge on any atom is 0.394 e. The number of amides is 1. The summed E-state index contributed by atoms with van der Waals surface area (Å²) < 4.78 is 44.4. The van der Waals surface area contributed by atoms with E-state index >= 15 is 0 Å². The molecule has 0 unspecified atom stereocenters. The predicted molar refractivity (Wildman–Crippen MR) is 77.6 cm³/mol. The minimum absolute atomic E-state index is 0.101. The molecule has 0 saturated carbocycles. The molecule has 2 aromatic rings. The first kappa shape index (κ1) is 17.1. The number of aromatic nitrogens is 2. The third kappa shape index (κ3) is 3.24. The normalized spacial score (nSPS) is 20.9. The summed E-state index contributed by atoms with van der Waals surface area (Å²) in [6, 6.07) is 4.73. The van der Waals surface area contributed by atoms with Crippen LogP contribution in [0, 0.1) is 18.8 Å². The average molecular weight is 357 g/mol. The molecular formula is C15H14F3N3O4. The molecule has 0 radical (unpaired) electrons. The molecule has 3 rings (SSSR count). The van der Waals surface area contributed by atoms with Crippen LogP contribution in [0.4, 0.5) is 13.2 Å². The summed E-state index contributed by atoms with van der Waals surface area (Å²) in [6.07, 6.45) is -4.69. The number of alkyl halides is 3. The molecule has 1 fully saturated rings. The quantitative estimate of drug-likeness (QED) is 0.878. The van der Waals surface area contributed by atoms with Crippen molar-refractivity contribution in [1.82, 2.24) is 15.1 Å². The molecule has 2 N–H and O–H groups in total. The van der Waals surface area contributed by atoms with E-state index in [1.54, 1.807) is 19.1 Å². The highest BCUT2D eigenvalue weighted by molar-refractivity contribution is 5.94. The van der Waals surface area contributed by atoms with E-state index in [0.717, 1.165) is 4.90 Å². The maximum atomic E-state index is 13.0. The number of nitrogens with zero attached hydrogens (tertiary/aromatic N) is 2. The Hall–Kier alpha value is -2.78. The summed E-state index contributed by atoms with van der Waals surface area (Å²) in [5, 5.41) is 15.4. The largest absolute Gasteiger partial charge is 0.481 e. The van der Waals surface area contributed by atoms with Gasteiger partial charge >= 0.3 is 12.1 Å². The molecule has 0 bridgehead atoms. The van der Waals surface area contributed by atoms with Crippen molar-refractivity contribution in [3.63, 3.8) is 0 Å². The summed E-state index contributed by atoms with van der Waals surface area (Å²) in [6.45, 7) is 0.515. The third-order valence-corrected chi connectivity index (χ3v) is 4.15. The lowest BCUT2D eigenvalue weighted by Crippen LogP contribution is -2.34. The topological polar surface area (TPSA) is 99.4 Å². The van der Waals surface area contributed by atoms with Gasteiger partial charge in [0.1, 0.15) is 11.5 Å². The van der Waals surface area contributed by atoms with Gasteiger partial charge in [-0.25, -0.2) is 0 Å². The molecule has 2 atom stereocenters. The molecule has 10 heteroatoms. The van der Waals surface area contributed by atoms with Crippen molar-refractivity contribution in [2.45, 2.75) is 13.1 Å². The van der Waals surface area contributed by atoms with Crippen molar-refractivity contribution in [3.8, 4) is 11.5 Å². The third-order valence-electron chi connectivity index (χ3n) is 4.15. The molecule has 1 aliphatic heterocycles. The number of aliphatic carboxylic acids is 1. The van der Waals surface area contributed by atoms with E-state index in [1.165, 1.54) is 6.07 Å². The molecule has 1 amide bonds. The molecule has 3 heterocycles. The van der Waals surface area contributed by atoms with Crippen LogP contribution in [0.5, 0.6) is 0 Å². The van der Waals surface area contributed by atoms with Gasteiger partial charge in [0.2, 0.25) is 0 Å². The van der Waals surface area contributed by atoms with Gasteiger partial charge < -0.3 is 14.4 Å². The Labute approximate surface area is 139 Å². The van der Waals surface area contributed by atoms with Crippen LogP contribution in [0.1, 0.15) is 16.2 Å². The van der Waals surface area contributed by atoms with Crippen molar-refractivity contribution in [2.24, 2.45) is 11.8 Å². The predicted octanol–water partition coefficient (Wildman–Crippen LogP) is 2.31. The van der Waals surface area contributed by atoms with E-state index in [4.69, 9.17) is 9.52 Å². The Kier molecular flexibility index (Phi) is 4.05. The number of carboxylic acid groups (broad SMARTS) is 1. The highest BCUT2D eigenvalue weighted by Gasteiger charge is 2.53. The Bertz CT molecular complexity index is 811. The van der Waals surface area contributed by atoms with E-state index < -0.39 is 43.0 Å². The highest BCUT2D eigenvalue weighted by Crippen LogP contribution is 2.38. The zero-order valence-corrected chi connectivity index (χ0v) is 13.0. The molecule has 1 aliphatic rings. The van der Waals surface area contributed by atoms with E-state index in [-0.39, 0.29) is 5.69 Å². The smallest absolute Gasteiger partial charge is 0.394 e. The van der Waals surface area contributed by atoms with Crippen LogP contribution in [0.25, 0.3) is 11.5 Å². The Morgan fingerprint density at radius 1 is 1.36 bits per heavy atom. The molecule has 25 heavy (non-hydrogen) atoms. The Balaban J connectivity index is 1.80. The Morgan fingerprint density at radius 3 is 2.60 bits per heavy atom. The van der Waals surface area contributed by atoms with Crippen molar-refractivity contribution < 1.29 is 32.3 Å². The van der Waals surface area contributed by atoms with Crippen molar-refractivity contribution in [2.75, 3.05) is 13.1 Å². The fraction of sp³-hybridized carbons (Fsp3) is 0.400. The summed E-state index contributed by atoms with van der Waals surface area (Å²) in [7, 11) is 0. The van der Waals surface area contributed by atoms with Gasteiger partial charge in [-0.15, -0.1) is 0 Å². The molecule has 134 valence electrons. The van der Waals surface area contributed by atoms with Crippen LogP contribution in [-0.2, 0) is 4.79 Å². The van der Waals surface area contributed by atoms with E-state index in [2.05, 4.69) is 10.2 Å². The number of rotatable bonds is 3. The minimum atomic E-state index is -4.69. The lowest BCUT2D eigenvalue weighted by molar-refractivity contribution is -0.187. The summed E-state index contributed by atoms with van der Waals surface area (Å²) in [5.74, 6) is -5.04. The van der Waals surface area contributed by atoms with Crippen LogP contribution < -0.4 is 0 Å². The fourth-order valence-corrected chi connectivity index (χ4v) is 2.85. The van der Waals surface area contributed by atoms with Gasteiger partial charge in [0.15, 0.2) is 11.5 Å². The van der Waals surface area contributed by atoms with Gasteiger partial charge in [0, 0.05) is 19.2 Å². The summed E-state index contributed by atoms with van der Waals surface area (Å²) in [5.41, 5.74) is 0.300. The number of hydrogen-bond acceptors (Lipinski definition) is 4. The highest BCUT2D eigenvalue weighted by atomic mass is 19.4. The van der Waals surface area contributed by atoms with Gasteiger partial charge in [0.05, 0.1) is 11.8 Å². The van der Waals surface area contributed by atoms with Gasteiger partial charge in [0.25, 0.3) is 5.91 Å². The maximum absolute atomic E-state index is 13.0. The van der Waals surface area contributed by atoms with Crippen LogP contribution in [0.15, 0.2) is 22.6 Å². The number of hydrogen-bond donors (Lipinski definition) is 2. The second-order valence-electron chi connectivity index (χ2n) is 5.88. The summed E-state index contributed by atoms with van der Waals surface area (Å²) in [4.78, 5) is 24.3. The van der Waals surface area contributed by atoms with Crippen LogP contribution in [-0.4, -0.2) is 51.3 Å². The first-order valence-electron chi connectivity index (χ1n) is 7.38. The van der Waals surface area contributed by atoms with Gasteiger partial charge in [-0.2, -0.15) is 18.3 Å². The molecule has 1 saturated heterocycles. The number of nitrogens with one attached hydrogen (secondary N) is 1. The number of halogens is 3. The number of aromatic amines is 1. The van der Waals surface area contributed by atoms with Crippen LogP contribution in [0.2, 0.25) is 0 Å².